The SMILES string of the molecule is CC1(C)CNCCN1S(=O)(=O)c1cccc(Cl)c1F. The first-order chi connectivity index (χ1) is 8.77. The summed E-state index contributed by atoms with van der Waals surface area (Å²) in [5, 5.41) is 2.94. The molecule has 4 nitrogen and oxygen atoms in total. The normalized spacial score (nSPS) is 20.4. The largest absolute Gasteiger partial charge is 0.314 e. The monoisotopic (exact) mass is 306 g/mol. The fourth-order valence-corrected chi connectivity index (χ4v) is 4.32. The fourth-order valence-electron chi connectivity index (χ4n) is 2.21. The van der Waals surface area contributed by atoms with E-state index in [4.69, 9.17) is 11.6 Å². The molecule has 0 aromatic heterocycles. The number of hydrogen-bond acceptors (Lipinski definition) is 3. The van der Waals surface area contributed by atoms with Crippen molar-refractivity contribution in [2.45, 2.75) is 24.3 Å². The van der Waals surface area contributed by atoms with Crippen molar-refractivity contribution < 1.29 is 12.8 Å². The van der Waals surface area contributed by atoms with E-state index in [1.807, 2.05) is 0 Å². The van der Waals surface area contributed by atoms with Crippen LogP contribution in [-0.2, 0) is 10.0 Å². The summed E-state index contributed by atoms with van der Waals surface area (Å²) in [6, 6.07) is 4.01. The number of piperazine rings is 1. The van der Waals surface area contributed by atoms with Crippen LogP contribution in [-0.4, -0.2) is 37.9 Å². The quantitative estimate of drug-likeness (QED) is 0.907. The lowest BCUT2D eigenvalue weighted by atomic mass is 10.0. The summed E-state index contributed by atoms with van der Waals surface area (Å²) in [6.07, 6.45) is 0. The molecule has 0 amide bonds. The summed E-state index contributed by atoms with van der Waals surface area (Å²) in [5.74, 6) is -0.890. The minimum absolute atomic E-state index is 0.186. The molecule has 0 radical (unpaired) electrons. The van der Waals surface area contributed by atoms with Crippen molar-refractivity contribution in [2.75, 3.05) is 19.6 Å². The van der Waals surface area contributed by atoms with Crippen LogP contribution in [0.2, 0.25) is 5.02 Å². The highest BCUT2D eigenvalue weighted by Gasteiger charge is 2.40. The Morgan fingerprint density at radius 2 is 2.11 bits per heavy atom. The zero-order valence-corrected chi connectivity index (χ0v) is 12.4. The van der Waals surface area contributed by atoms with Crippen molar-refractivity contribution in [1.82, 2.24) is 9.62 Å². The molecule has 1 fully saturated rings. The Balaban J connectivity index is 2.50. The topological polar surface area (TPSA) is 49.4 Å². The van der Waals surface area contributed by atoms with Crippen LogP contribution in [0, 0.1) is 5.82 Å². The van der Waals surface area contributed by atoms with Crippen LogP contribution in [0.3, 0.4) is 0 Å². The molecule has 0 atom stereocenters. The van der Waals surface area contributed by atoms with Gasteiger partial charge in [0.25, 0.3) is 0 Å². The van der Waals surface area contributed by atoms with Gasteiger partial charge in [-0.1, -0.05) is 17.7 Å². The van der Waals surface area contributed by atoms with Crippen LogP contribution in [0.5, 0.6) is 0 Å². The fraction of sp³-hybridized carbons (Fsp3) is 0.500. The highest BCUT2D eigenvalue weighted by atomic mass is 35.5. The molecule has 0 bridgehead atoms. The van der Waals surface area contributed by atoms with Gasteiger partial charge in [-0.05, 0) is 26.0 Å². The summed E-state index contributed by atoms with van der Waals surface area (Å²) in [7, 11) is -3.89. The van der Waals surface area contributed by atoms with Gasteiger partial charge < -0.3 is 5.32 Å². The zero-order valence-electron chi connectivity index (χ0n) is 10.8. The number of hydrogen-bond donors (Lipinski definition) is 1. The van der Waals surface area contributed by atoms with Gasteiger partial charge in [0.1, 0.15) is 4.90 Å². The predicted octanol–water partition coefficient (Wildman–Crippen LogP) is 1.85. The summed E-state index contributed by atoms with van der Waals surface area (Å²) >= 11 is 5.66. The maximum absolute atomic E-state index is 14.0. The van der Waals surface area contributed by atoms with E-state index in [0.717, 1.165) is 0 Å². The molecule has 7 heteroatoms. The first kappa shape index (κ1) is 14.7. The van der Waals surface area contributed by atoms with E-state index < -0.39 is 21.4 Å². The van der Waals surface area contributed by atoms with Crippen molar-refractivity contribution in [3.63, 3.8) is 0 Å². The molecule has 0 aliphatic carbocycles. The van der Waals surface area contributed by atoms with Gasteiger partial charge in [0.05, 0.1) is 5.02 Å². The maximum Gasteiger partial charge on any atom is 0.246 e. The number of rotatable bonds is 2. The van der Waals surface area contributed by atoms with Gasteiger partial charge >= 0.3 is 0 Å². The third-order valence-corrected chi connectivity index (χ3v) is 5.63. The van der Waals surface area contributed by atoms with Gasteiger partial charge in [-0.25, -0.2) is 12.8 Å². The number of sulfonamides is 1. The van der Waals surface area contributed by atoms with Crippen LogP contribution in [0.4, 0.5) is 4.39 Å². The molecule has 2 rings (SSSR count). The second kappa shape index (κ2) is 5.01. The second-order valence-electron chi connectivity index (χ2n) is 5.12. The molecule has 1 aliphatic heterocycles. The van der Waals surface area contributed by atoms with Crippen molar-refractivity contribution in [2.24, 2.45) is 0 Å². The van der Waals surface area contributed by atoms with Gasteiger partial charge in [-0.15, -0.1) is 0 Å². The van der Waals surface area contributed by atoms with Gasteiger partial charge in [0, 0.05) is 25.2 Å². The molecular weight excluding hydrogens is 291 g/mol. The first-order valence-corrected chi connectivity index (χ1v) is 7.76. The van der Waals surface area contributed by atoms with E-state index in [1.165, 1.54) is 22.5 Å². The first-order valence-electron chi connectivity index (χ1n) is 5.94. The third kappa shape index (κ3) is 2.63. The number of nitrogens with zero attached hydrogens (tertiary/aromatic N) is 1. The molecule has 1 N–H and O–H groups in total. The Kier molecular flexibility index (Phi) is 3.88. The van der Waals surface area contributed by atoms with Crippen LogP contribution in [0.1, 0.15) is 13.8 Å². The standard InChI is InChI=1S/C12H16ClFN2O2S/c1-12(2)8-15-6-7-16(12)19(17,18)10-5-3-4-9(13)11(10)14/h3-5,15H,6-8H2,1-2H3. The molecule has 19 heavy (non-hydrogen) atoms. The minimum atomic E-state index is -3.89. The minimum Gasteiger partial charge on any atom is -0.314 e. The highest BCUT2D eigenvalue weighted by molar-refractivity contribution is 7.89. The lowest BCUT2D eigenvalue weighted by molar-refractivity contribution is 0.185. The molecule has 1 aliphatic rings. The number of halogens is 2. The summed E-state index contributed by atoms with van der Waals surface area (Å²) in [5.41, 5.74) is -0.605. The Morgan fingerprint density at radius 3 is 2.74 bits per heavy atom. The highest BCUT2D eigenvalue weighted by Crippen LogP contribution is 2.29. The van der Waals surface area contributed by atoms with Gasteiger partial charge in [-0.3, -0.25) is 0 Å². The molecule has 1 saturated heterocycles. The molecule has 106 valence electrons. The van der Waals surface area contributed by atoms with E-state index in [2.05, 4.69) is 5.32 Å². The van der Waals surface area contributed by atoms with Gasteiger partial charge in [-0.2, -0.15) is 4.31 Å². The lowest BCUT2D eigenvalue weighted by Gasteiger charge is -2.41. The Morgan fingerprint density at radius 1 is 1.42 bits per heavy atom. The van der Waals surface area contributed by atoms with E-state index in [1.54, 1.807) is 13.8 Å². The zero-order chi connectivity index (χ0) is 14.3. The smallest absolute Gasteiger partial charge is 0.246 e. The lowest BCUT2D eigenvalue weighted by Crippen LogP contribution is -2.59. The predicted molar refractivity (Wildman–Crippen MR) is 72.3 cm³/mol. The molecule has 0 spiro atoms. The van der Waals surface area contributed by atoms with Crippen LogP contribution < -0.4 is 5.32 Å². The van der Waals surface area contributed by atoms with Crippen molar-refractivity contribution in [3.05, 3.63) is 29.0 Å². The van der Waals surface area contributed by atoms with Crippen molar-refractivity contribution >= 4 is 21.6 Å². The number of nitrogens with one attached hydrogen (secondary N) is 1. The Bertz CT molecular complexity index is 589. The molecule has 0 saturated carbocycles. The third-order valence-electron chi connectivity index (χ3n) is 3.21. The Labute approximate surface area is 117 Å². The van der Waals surface area contributed by atoms with E-state index in [0.29, 0.717) is 19.6 Å². The summed E-state index contributed by atoms with van der Waals surface area (Å²) in [6.45, 7) is 4.98. The van der Waals surface area contributed by atoms with Gasteiger partial charge in [0.2, 0.25) is 10.0 Å². The molecular formula is C12H16ClFN2O2S. The Hall–Kier alpha value is -0.690. The van der Waals surface area contributed by atoms with Crippen LogP contribution in [0.25, 0.3) is 0 Å². The van der Waals surface area contributed by atoms with Crippen molar-refractivity contribution in [3.8, 4) is 0 Å². The summed E-state index contributed by atoms with van der Waals surface area (Å²) in [4.78, 5) is -0.366. The van der Waals surface area contributed by atoms with Crippen LogP contribution in [0.15, 0.2) is 23.1 Å². The average molecular weight is 307 g/mol. The van der Waals surface area contributed by atoms with Gasteiger partial charge in [0.15, 0.2) is 5.82 Å². The summed E-state index contributed by atoms with van der Waals surface area (Å²) < 4.78 is 40.4. The molecule has 1 aromatic rings. The van der Waals surface area contributed by atoms with E-state index in [-0.39, 0.29) is 9.92 Å². The maximum atomic E-state index is 14.0. The van der Waals surface area contributed by atoms with E-state index in [9.17, 15) is 12.8 Å². The van der Waals surface area contributed by atoms with Crippen LogP contribution >= 0.6 is 11.6 Å². The van der Waals surface area contributed by atoms with Crippen molar-refractivity contribution in [1.29, 1.82) is 0 Å². The molecule has 1 heterocycles. The average Bonchev–Trinajstić information content (AvgIpc) is 2.31. The van der Waals surface area contributed by atoms with E-state index >= 15 is 0 Å². The molecule has 0 unspecified atom stereocenters. The molecule has 1 aromatic carbocycles. The second-order valence-corrected chi connectivity index (χ2v) is 7.36. The number of benzene rings is 1.